The quantitative estimate of drug-likeness (QED) is 0.539. The second-order valence-electron chi connectivity index (χ2n) is 2.74. The van der Waals surface area contributed by atoms with Crippen LogP contribution in [0.25, 0.3) is 0 Å². The Kier molecular flexibility index (Phi) is 13.7. The molecule has 0 aromatic rings. The summed E-state index contributed by atoms with van der Waals surface area (Å²) in [5, 5.41) is 10.7. The number of nitrogens with one attached hydrogen (secondary N) is 1. The van der Waals surface area contributed by atoms with E-state index in [0.717, 1.165) is 5.88 Å². The highest BCUT2D eigenvalue weighted by atomic mass is 35.5. The number of likely N-dealkylation sites (N-methyl/N-ethyl adjacent to an activating group) is 1. The van der Waals surface area contributed by atoms with Gasteiger partial charge in [0.25, 0.3) is 0 Å². The fourth-order valence-corrected chi connectivity index (χ4v) is 0.657. The Labute approximate surface area is 85.5 Å². The first-order valence-electron chi connectivity index (χ1n) is 4.56. The summed E-state index contributed by atoms with van der Waals surface area (Å²) in [4.78, 5) is 9.87. The lowest BCUT2D eigenvalue weighted by atomic mass is 10.3. The van der Waals surface area contributed by atoms with Gasteiger partial charge >= 0.3 is 5.97 Å². The molecule has 13 heavy (non-hydrogen) atoms. The van der Waals surface area contributed by atoms with E-state index < -0.39 is 12.0 Å². The molecule has 0 saturated heterocycles. The fourth-order valence-electron chi connectivity index (χ4n) is 0.468. The van der Waals surface area contributed by atoms with E-state index in [1.165, 1.54) is 19.3 Å². The second kappa shape index (κ2) is 11.7. The highest BCUT2D eigenvalue weighted by Gasteiger charge is 2.04. The molecule has 0 aromatic heterocycles. The summed E-state index contributed by atoms with van der Waals surface area (Å²) in [7, 11) is 1.61. The van der Waals surface area contributed by atoms with Crippen LogP contribution in [0.2, 0.25) is 0 Å². The number of carboxylic acid groups (broad SMARTS) is 1. The molecule has 0 fully saturated rings. The Morgan fingerprint density at radius 2 is 2.08 bits per heavy atom. The standard InChI is InChI=1S/C5H11Cl.C4H9NO2/c1-2-3-4-5-6;1-3(5-2)4(6)7/h2-5H2,1H3;3,5H,1-2H3,(H,6,7). The van der Waals surface area contributed by atoms with Crippen molar-refractivity contribution in [2.45, 2.75) is 39.2 Å². The van der Waals surface area contributed by atoms with Gasteiger partial charge < -0.3 is 10.4 Å². The maximum atomic E-state index is 9.87. The first-order chi connectivity index (χ1) is 6.09. The number of hydrogen-bond donors (Lipinski definition) is 2. The SMILES string of the molecule is CCCCCCl.CNC(C)C(=O)O. The van der Waals surface area contributed by atoms with Gasteiger partial charge in [-0.1, -0.05) is 19.8 Å². The molecule has 1 atom stereocenters. The van der Waals surface area contributed by atoms with Gasteiger partial charge in [0.2, 0.25) is 0 Å². The van der Waals surface area contributed by atoms with Crippen molar-refractivity contribution in [2.24, 2.45) is 0 Å². The van der Waals surface area contributed by atoms with E-state index in [1.807, 2.05) is 0 Å². The zero-order valence-electron chi connectivity index (χ0n) is 8.64. The molecule has 0 aliphatic rings. The van der Waals surface area contributed by atoms with Crippen molar-refractivity contribution in [3.05, 3.63) is 0 Å². The molecular formula is C9H20ClNO2. The monoisotopic (exact) mass is 209 g/mol. The number of alkyl halides is 1. The number of unbranched alkanes of at least 4 members (excludes halogenated alkanes) is 2. The van der Waals surface area contributed by atoms with Crippen molar-refractivity contribution in [3.63, 3.8) is 0 Å². The van der Waals surface area contributed by atoms with Crippen LogP contribution < -0.4 is 5.32 Å². The Morgan fingerprint density at radius 3 is 2.15 bits per heavy atom. The van der Waals surface area contributed by atoms with Crippen LogP contribution in [0.3, 0.4) is 0 Å². The van der Waals surface area contributed by atoms with Crippen molar-refractivity contribution >= 4 is 17.6 Å². The van der Waals surface area contributed by atoms with Crippen LogP contribution in [0.15, 0.2) is 0 Å². The predicted octanol–water partition coefficient (Wildman–Crippen LogP) is 2.09. The zero-order chi connectivity index (χ0) is 10.7. The third-order valence-electron chi connectivity index (χ3n) is 1.54. The number of halogens is 1. The average Bonchev–Trinajstić information content (AvgIpc) is 2.14. The highest BCUT2D eigenvalue weighted by Crippen LogP contribution is 1.93. The van der Waals surface area contributed by atoms with Crippen molar-refractivity contribution in [1.82, 2.24) is 5.32 Å². The van der Waals surface area contributed by atoms with Crippen molar-refractivity contribution < 1.29 is 9.90 Å². The minimum absolute atomic E-state index is 0.431. The van der Waals surface area contributed by atoms with Crippen molar-refractivity contribution in [3.8, 4) is 0 Å². The first kappa shape index (κ1) is 15.2. The van der Waals surface area contributed by atoms with Gasteiger partial charge in [-0.25, -0.2) is 0 Å². The molecule has 4 heteroatoms. The topological polar surface area (TPSA) is 49.3 Å². The number of hydrogen-bond acceptors (Lipinski definition) is 2. The molecule has 0 aromatic carbocycles. The molecule has 3 nitrogen and oxygen atoms in total. The van der Waals surface area contributed by atoms with Crippen LogP contribution in [-0.4, -0.2) is 30.0 Å². The Morgan fingerprint density at radius 1 is 1.54 bits per heavy atom. The molecular weight excluding hydrogens is 190 g/mol. The molecule has 0 heterocycles. The predicted molar refractivity (Wildman–Crippen MR) is 56.4 cm³/mol. The minimum atomic E-state index is -0.817. The van der Waals surface area contributed by atoms with Crippen LogP contribution in [-0.2, 0) is 4.79 Å². The van der Waals surface area contributed by atoms with E-state index in [2.05, 4.69) is 12.2 Å². The van der Waals surface area contributed by atoms with Gasteiger partial charge in [0.15, 0.2) is 0 Å². The van der Waals surface area contributed by atoms with Crippen molar-refractivity contribution in [1.29, 1.82) is 0 Å². The maximum absolute atomic E-state index is 9.87. The third kappa shape index (κ3) is 14.6. The second-order valence-corrected chi connectivity index (χ2v) is 3.12. The van der Waals surface area contributed by atoms with Crippen LogP contribution >= 0.6 is 11.6 Å². The van der Waals surface area contributed by atoms with E-state index in [1.54, 1.807) is 14.0 Å². The summed E-state index contributed by atoms with van der Waals surface area (Å²) in [6.07, 6.45) is 3.73. The number of aliphatic carboxylic acids is 1. The van der Waals surface area contributed by atoms with E-state index in [0.29, 0.717) is 0 Å². The number of carboxylic acids is 1. The van der Waals surface area contributed by atoms with Crippen molar-refractivity contribution in [2.75, 3.05) is 12.9 Å². The Balaban J connectivity index is 0. The molecule has 80 valence electrons. The third-order valence-corrected chi connectivity index (χ3v) is 1.81. The van der Waals surface area contributed by atoms with Gasteiger partial charge in [-0.05, 0) is 20.4 Å². The highest BCUT2D eigenvalue weighted by molar-refractivity contribution is 6.17. The van der Waals surface area contributed by atoms with Gasteiger partial charge in [-0.3, -0.25) is 4.79 Å². The zero-order valence-corrected chi connectivity index (χ0v) is 9.40. The van der Waals surface area contributed by atoms with Crippen LogP contribution in [0, 0.1) is 0 Å². The largest absolute Gasteiger partial charge is 0.480 e. The van der Waals surface area contributed by atoms with Crippen LogP contribution in [0.4, 0.5) is 0 Å². The molecule has 0 saturated carbocycles. The molecule has 0 bridgehead atoms. The summed E-state index contributed by atoms with van der Waals surface area (Å²) < 4.78 is 0. The number of carbonyl (C=O) groups is 1. The molecule has 0 rings (SSSR count). The molecule has 2 N–H and O–H groups in total. The van der Waals surface area contributed by atoms with E-state index >= 15 is 0 Å². The molecule has 0 amide bonds. The smallest absolute Gasteiger partial charge is 0.320 e. The summed E-state index contributed by atoms with van der Waals surface area (Å²) in [6.45, 7) is 3.76. The lowest BCUT2D eigenvalue weighted by Gasteiger charge is -1.99. The van der Waals surface area contributed by atoms with Gasteiger partial charge in [0, 0.05) is 5.88 Å². The Bertz CT molecular complexity index is 116. The molecule has 1 unspecified atom stereocenters. The summed E-state index contributed by atoms with van der Waals surface area (Å²) in [5.41, 5.74) is 0. The van der Waals surface area contributed by atoms with E-state index in [-0.39, 0.29) is 0 Å². The van der Waals surface area contributed by atoms with Crippen LogP contribution in [0.5, 0.6) is 0 Å². The van der Waals surface area contributed by atoms with Gasteiger partial charge in [-0.15, -0.1) is 11.6 Å². The Hall–Kier alpha value is -0.280. The summed E-state index contributed by atoms with van der Waals surface area (Å²) in [6, 6.07) is -0.431. The summed E-state index contributed by atoms with van der Waals surface area (Å²) in [5.74, 6) is 0.0101. The van der Waals surface area contributed by atoms with Gasteiger partial charge in [-0.2, -0.15) is 0 Å². The van der Waals surface area contributed by atoms with Crippen LogP contribution in [0.1, 0.15) is 33.1 Å². The normalized spacial score (nSPS) is 11.4. The maximum Gasteiger partial charge on any atom is 0.320 e. The molecule has 0 radical (unpaired) electrons. The minimum Gasteiger partial charge on any atom is -0.480 e. The average molecular weight is 210 g/mol. The molecule has 0 aliphatic heterocycles. The summed E-state index contributed by atoms with van der Waals surface area (Å²) >= 11 is 5.38. The van der Waals surface area contributed by atoms with Gasteiger partial charge in [0.05, 0.1) is 0 Å². The molecule has 0 aliphatic carbocycles. The fraction of sp³-hybridized carbons (Fsp3) is 0.889. The van der Waals surface area contributed by atoms with E-state index in [4.69, 9.17) is 16.7 Å². The molecule has 0 spiro atoms. The first-order valence-corrected chi connectivity index (χ1v) is 5.09. The van der Waals surface area contributed by atoms with Gasteiger partial charge in [0.1, 0.15) is 6.04 Å². The van der Waals surface area contributed by atoms with E-state index in [9.17, 15) is 4.79 Å². The number of rotatable bonds is 5. The lowest BCUT2D eigenvalue weighted by molar-refractivity contribution is -0.138. The lowest BCUT2D eigenvalue weighted by Crippen LogP contribution is -2.29.